The van der Waals surface area contributed by atoms with Crippen molar-refractivity contribution in [3.05, 3.63) is 156 Å². The maximum atomic E-state index is 2.55. The van der Waals surface area contributed by atoms with Gasteiger partial charge in [0.25, 0.3) is 0 Å². The summed E-state index contributed by atoms with van der Waals surface area (Å²) in [6.07, 6.45) is 0. The predicted octanol–water partition coefficient (Wildman–Crippen LogP) is 15.6. The van der Waals surface area contributed by atoms with Crippen molar-refractivity contribution in [3.8, 4) is 22.3 Å². The number of fused-ring (bicyclic) bond motifs is 7. The van der Waals surface area contributed by atoms with E-state index in [0.29, 0.717) is 0 Å². The van der Waals surface area contributed by atoms with Gasteiger partial charge < -0.3 is 0 Å². The van der Waals surface area contributed by atoms with Crippen LogP contribution in [0.2, 0.25) is 0 Å². The van der Waals surface area contributed by atoms with E-state index in [2.05, 4.69) is 161 Å². The summed E-state index contributed by atoms with van der Waals surface area (Å²) >= 11 is 0. The highest BCUT2D eigenvalue weighted by Gasteiger charge is 2.27. The molecule has 0 spiro atoms. The molecule has 250 valence electrons. The second-order valence-electron chi connectivity index (χ2n) is 15.6. The van der Waals surface area contributed by atoms with Gasteiger partial charge in [0.1, 0.15) is 0 Å². The van der Waals surface area contributed by atoms with Gasteiger partial charge in [0, 0.05) is 0 Å². The first-order valence-corrected chi connectivity index (χ1v) is 18.5. The van der Waals surface area contributed by atoms with Crippen molar-refractivity contribution in [2.75, 3.05) is 0 Å². The van der Waals surface area contributed by atoms with Crippen molar-refractivity contribution in [3.63, 3.8) is 0 Å². The van der Waals surface area contributed by atoms with E-state index < -0.39 is 0 Å². The maximum Gasteiger partial charge on any atom is -0.000718 e. The Hall–Kier alpha value is -6.24. The molecule has 12 rings (SSSR count). The summed E-state index contributed by atoms with van der Waals surface area (Å²) in [6, 6.07) is 51.7. The van der Waals surface area contributed by atoms with Crippen LogP contribution >= 0.6 is 0 Å². The molecule has 0 saturated heterocycles. The standard InChI is InChI=1S/C52H34.CH4/c1-27-18-28(2)21-35(20-27)47-42-25-40-37-12-6-9-31-10-7-13-38(46(31)37)41(40)26-43(42)48(36-22-29(3)19-30(4)23-36)52-44-24-34-11-5-8-32-14-15-33-16-17-39(51(47)52)50(44)49(33)45(32)34;/h5-26H,1-4H3;1H4. The first kappa shape index (κ1) is 30.4. The molecular formula is C53H38. The van der Waals surface area contributed by atoms with Crippen LogP contribution in [0.5, 0.6) is 0 Å². The lowest BCUT2D eigenvalue weighted by Gasteiger charge is -2.19. The van der Waals surface area contributed by atoms with Gasteiger partial charge >= 0.3 is 0 Å². The van der Waals surface area contributed by atoms with E-state index >= 15 is 0 Å². The highest BCUT2D eigenvalue weighted by molar-refractivity contribution is 6.46. The summed E-state index contributed by atoms with van der Waals surface area (Å²) in [4.78, 5) is 0. The van der Waals surface area contributed by atoms with E-state index in [1.807, 2.05) is 0 Å². The van der Waals surface area contributed by atoms with Gasteiger partial charge in [-0.3, -0.25) is 0 Å². The van der Waals surface area contributed by atoms with Gasteiger partial charge in [0.05, 0.1) is 0 Å². The topological polar surface area (TPSA) is 0 Å². The minimum absolute atomic E-state index is 0. The van der Waals surface area contributed by atoms with E-state index in [1.54, 1.807) is 0 Å². The van der Waals surface area contributed by atoms with Gasteiger partial charge in [-0.15, -0.1) is 0 Å². The summed E-state index contributed by atoms with van der Waals surface area (Å²) in [5.74, 6) is 0. The van der Waals surface area contributed by atoms with Crippen molar-refractivity contribution in [1.29, 1.82) is 0 Å². The normalized spacial score (nSPS) is 12.4. The Kier molecular flexibility index (Phi) is 5.98. The Morgan fingerprint density at radius 1 is 0.264 bits per heavy atom. The molecule has 0 aliphatic rings. The number of benzene rings is 10. The van der Waals surface area contributed by atoms with E-state index in [9.17, 15) is 0 Å². The zero-order chi connectivity index (χ0) is 34.6. The molecule has 0 aliphatic heterocycles. The van der Waals surface area contributed by atoms with Crippen molar-refractivity contribution in [2.45, 2.75) is 35.1 Å². The number of aryl methyl sites for hydroxylation is 4. The van der Waals surface area contributed by atoms with Gasteiger partial charge in [-0.2, -0.15) is 0 Å². The SMILES string of the molecule is C.Cc1cc(C)cc(-c2c3cc4c(cc3c(-c3cc(C)cc(C)c3)c3c5cc6cccc7ccc8ccc(c23)c5c8c76)c2cccc3cccc4c32)c1. The minimum Gasteiger partial charge on any atom is -0.0776 e. The summed E-state index contributed by atoms with van der Waals surface area (Å²) in [5.41, 5.74) is 10.4. The van der Waals surface area contributed by atoms with Crippen molar-refractivity contribution >= 4 is 97.0 Å². The van der Waals surface area contributed by atoms with Crippen LogP contribution < -0.4 is 0 Å². The Labute approximate surface area is 308 Å². The van der Waals surface area contributed by atoms with Crippen molar-refractivity contribution in [1.82, 2.24) is 0 Å². The molecule has 0 bridgehead atoms. The predicted molar refractivity (Wildman–Crippen MR) is 234 cm³/mol. The fraction of sp³-hybridized carbons (Fsp3) is 0.0943. The van der Waals surface area contributed by atoms with Gasteiger partial charge in [-0.1, -0.05) is 145 Å². The smallest absolute Gasteiger partial charge is 0.000718 e. The molecule has 12 aromatic rings. The largest absolute Gasteiger partial charge is 0.0776 e. The molecule has 12 aromatic carbocycles. The fourth-order valence-electron chi connectivity index (χ4n) is 10.4. The average molecular weight is 675 g/mol. The molecule has 0 N–H and O–H groups in total. The Morgan fingerprint density at radius 3 is 1.28 bits per heavy atom. The van der Waals surface area contributed by atoms with Crippen molar-refractivity contribution in [2.24, 2.45) is 0 Å². The number of hydrogen-bond acceptors (Lipinski definition) is 0. The molecule has 0 nitrogen and oxygen atoms in total. The van der Waals surface area contributed by atoms with E-state index in [0.717, 1.165) is 0 Å². The fourth-order valence-corrected chi connectivity index (χ4v) is 10.4. The van der Waals surface area contributed by atoms with E-state index in [4.69, 9.17) is 0 Å². The zero-order valence-electron chi connectivity index (χ0n) is 29.7. The van der Waals surface area contributed by atoms with Crippen LogP contribution in [0.1, 0.15) is 29.7 Å². The minimum atomic E-state index is 0. The number of hydrogen-bond donors (Lipinski definition) is 0. The van der Waals surface area contributed by atoms with E-state index in [1.165, 1.54) is 141 Å². The highest BCUT2D eigenvalue weighted by atomic mass is 14.3. The summed E-state index contributed by atoms with van der Waals surface area (Å²) in [7, 11) is 0. The third-order valence-corrected chi connectivity index (χ3v) is 12.1. The molecule has 0 aliphatic carbocycles. The quantitative estimate of drug-likeness (QED) is 0.160. The lowest BCUT2D eigenvalue weighted by Crippen LogP contribution is -1.92. The van der Waals surface area contributed by atoms with Crippen LogP contribution in [0.4, 0.5) is 0 Å². The Balaban J connectivity index is 0.00000331. The van der Waals surface area contributed by atoms with Gasteiger partial charge in [-0.25, -0.2) is 0 Å². The van der Waals surface area contributed by atoms with Crippen LogP contribution in [0.3, 0.4) is 0 Å². The van der Waals surface area contributed by atoms with Crippen LogP contribution in [-0.4, -0.2) is 0 Å². The molecular weight excluding hydrogens is 637 g/mol. The molecule has 0 atom stereocenters. The molecule has 0 heterocycles. The zero-order valence-corrected chi connectivity index (χ0v) is 29.7. The second-order valence-corrected chi connectivity index (χ2v) is 15.6. The second kappa shape index (κ2) is 10.4. The monoisotopic (exact) mass is 674 g/mol. The lowest BCUT2D eigenvalue weighted by molar-refractivity contribution is 1.39. The van der Waals surface area contributed by atoms with Crippen LogP contribution in [0.25, 0.3) is 119 Å². The van der Waals surface area contributed by atoms with Crippen LogP contribution in [0, 0.1) is 27.7 Å². The first-order chi connectivity index (χ1) is 25.4. The molecule has 0 saturated carbocycles. The Bertz CT molecular complexity index is 3440. The molecule has 0 radical (unpaired) electrons. The third kappa shape index (κ3) is 3.91. The third-order valence-electron chi connectivity index (χ3n) is 12.1. The van der Waals surface area contributed by atoms with Gasteiger partial charge in [-0.05, 0) is 165 Å². The van der Waals surface area contributed by atoms with Crippen molar-refractivity contribution < 1.29 is 0 Å². The Morgan fingerprint density at radius 2 is 0.717 bits per heavy atom. The molecule has 0 unspecified atom stereocenters. The molecule has 53 heavy (non-hydrogen) atoms. The van der Waals surface area contributed by atoms with Gasteiger partial charge in [0.15, 0.2) is 0 Å². The first-order valence-electron chi connectivity index (χ1n) is 18.5. The number of rotatable bonds is 2. The molecule has 0 heteroatoms. The average Bonchev–Trinajstić information content (AvgIpc) is 3.62. The lowest BCUT2D eigenvalue weighted by atomic mass is 9.84. The molecule has 0 aromatic heterocycles. The van der Waals surface area contributed by atoms with Crippen LogP contribution in [-0.2, 0) is 0 Å². The van der Waals surface area contributed by atoms with E-state index in [-0.39, 0.29) is 7.43 Å². The van der Waals surface area contributed by atoms with Crippen LogP contribution in [0.15, 0.2) is 133 Å². The molecule has 0 fully saturated rings. The van der Waals surface area contributed by atoms with Gasteiger partial charge in [0.2, 0.25) is 0 Å². The summed E-state index contributed by atoms with van der Waals surface area (Å²) in [5, 5.41) is 24.2. The summed E-state index contributed by atoms with van der Waals surface area (Å²) < 4.78 is 0. The molecule has 0 amide bonds. The summed E-state index contributed by atoms with van der Waals surface area (Å²) in [6.45, 7) is 8.97. The highest BCUT2D eigenvalue weighted by Crippen LogP contribution is 2.55. The maximum absolute atomic E-state index is 2.55.